The molecule has 3 amide bonds. The lowest BCUT2D eigenvalue weighted by atomic mass is 9.97. The number of nitrogens with one attached hydrogen (secondary N) is 3. The van der Waals surface area contributed by atoms with Crippen molar-refractivity contribution >= 4 is 23.7 Å². The van der Waals surface area contributed by atoms with E-state index in [1.54, 1.807) is 6.92 Å². The fourth-order valence-corrected chi connectivity index (χ4v) is 3.40. The Morgan fingerprint density at radius 1 is 0.943 bits per heavy atom. The van der Waals surface area contributed by atoms with Gasteiger partial charge in [0.05, 0.1) is 12.6 Å². The van der Waals surface area contributed by atoms with Gasteiger partial charge in [-0.05, 0) is 43.7 Å². The Labute approximate surface area is 206 Å². The van der Waals surface area contributed by atoms with E-state index in [4.69, 9.17) is 11.5 Å². The Morgan fingerprint density at radius 3 is 2.11 bits per heavy atom. The van der Waals surface area contributed by atoms with E-state index in [-0.39, 0.29) is 18.8 Å². The van der Waals surface area contributed by atoms with Crippen LogP contribution in [0.1, 0.15) is 45.1 Å². The SMILES string of the molecule is CCC(C)C(NC(=O)C(CO)NC(=O)C(N)Cc1ccccc1)C(=O)NC(CCCCN)C(=O)O. The number of rotatable bonds is 16. The molecule has 11 heteroatoms. The molecule has 0 spiro atoms. The van der Waals surface area contributed by atoms with Crippen LogP contribution < -0.4 is 27.4 Å². The van der Waals surface area contributed by atoms with Crippen molar-refractivity contribution in [2.75, 3.05) is 13.2 Å². The first-order chi connectivity index (χ1) is 16.6. The number of carboxylic acid groups (broad SMARTS) is 1. The summed E-state index contributed by atoms with van der Waals surface area (Å²) in [5.74, 6) is -3.58. The molecule has 0 aliphatic carbocycles. The summed E-state index contributed by atoms with van der Waals surface area (Å²) in [4.78, 5) is 49.8. The molecule has 5 unspecified atom stereocenters. The van der Waals surface area contributed by atoms with E-state index in [2.05, 4.69) is 16.0 Å². The molecular weight excluding hydrogens is 454 g/mol. The molecule has 0 heterocycles. The number of carboxylic acids is 1. The van der Waals surface area contributed by atoms with E-state index in [0.717, 1.165) is 5.56 Å². The van der Waals surface area contributed by atoms with Crippen LogP contribution in [0, 0.1) is 5.92 Å². The van der Waals surface area contributed by atoms with Gasteiger partial charge in [0.2, 0.25) is 17.7 Å². The van der Waals surface area contributed by atoms with Gasteiger partial charge in [0, 0.05) is 0 Å². The monoisotopic (exact) mass is 493 g/mol. The molecule has 1 aromatic carbocycles. The van der Waals surface area contributed by atoms with Crippen LogP contribution in [0.25, 0.3) is 0 Å². The zero-order chi connectivity index (χ0) is 26.4. The van der Waals surface area contributed by atoms with Crippen molar-refractivity contribution in [3.05, 3.63) is 35.9 Å². The number of nitrogens with two attached hydrogens (primary N) is 2. The number of aliphatic hydroxyl groups is 1. The van der Waals surface area contributed by atoms with Crippen LogP contribution in [0.4, 0.5) is 0 Å². The van der Waals surface area contributed by atoms with Crippen LogP contribution in [-0.2, 0) is 25.6 Å². The maximum absolute atomic E-state index is 12.9. The molecule has 0 bridgehead atoms. The van der Waals surface area contributed by atoms with Crippen molar-refractivity contribution in [1.29, 1.82) is 0 Å². The molecule has 1 rings (SSSR count). The molecule has 0 aromatic heterocycles. The van der Waals surface area contributed by atoms with Crippen LogP contribution in [-0.4, -0.2) is 71.2 Å². The summed E-state index contributed by atoms with van der Waals surface area (Å²) in [5.41, 5.74) is 12.2. The number of amides is 3. The van der Waals surface area contributed by atoms with E-state index in [0.29, 0.717) is 25.8 Å². The molecule has 1 aromatic rings. The number of aliphatic hydroxyl groups excluding tert-OH is 1. The Balaban J connectivity index is 2.82. The maximum Gasteiger partial charge on any atom is 0.326 e. The maximum atomic E-state index is 12.9. The molecule has 35 heavy (non-hydrogen) atoms. The molecule has 0 aliphatic rings. The summed E-state index contributed by atoms with van der Waals surface area (Å²) in [5, 5.41) is 26.6. The molecule has 0 fully saturated rings. The smallest absolute Gasteiger partial charge is 0.326 e. The Hall–Kier alpha value is -3.02. The highest BCUT2D eigenvalue weighted by Crippen LogP contribution is 2.10. The number of carbonyl (C=O) groups is 4. The zero-order valence-corrected chi connectivity index (χ0v) is 20.4. The highest BCUT2D eigenvalue weighted by Gasteiger charge is 2.32. The summed E-state index contributed by atoms with van der Waals surface area (Å²) in [6, 6.07) is 4.65. The lowest BCUT2D eigenvalue weighted by Crippen LogP contribution is -2.59. The van der Waals surface area contributed by atoms with Gasteiger partial charge in [-0.3, -0.25) is 14.4 Å². The fraction of sp³-hybridized carbons (Fsp3) is 0.583. The van der Waals surface area contributed by atoms with Crippen molar-refractivity contribution in [2.45, 2.75) is 70.1 Å². The Morgan fingerprint density at radius 2 is 1.57 bits per heavy atom. The number of hydrogen-bond acceptors (Lipinski definition) is 7. The van der Waals surface area contributed by atoms with Gasteiger partial charge in [-0.2, -0.15) is 0 Å². The fourth-order valence-electron chi connectivity index (χ4n) is 3.40. The van der Waals surface area contributed by atoms with Gasteiger partial charge in [-0.1, -0.05) is 50.6 Å². The number of carbonyl (C=O) groups excluding carboxylic acids is 3. The second-order valence-corrected chi connectivity index (χ2v) is 8.60. The summed E-state index contributed by atoms with van der Waals surface area (Å²) in [6.07, 6.45) is 2.10. The molecular formula is C24H39N5O6. The molecule has 0 aliphatic heterocycles. The number of aliphatic carboxylic acids is 1. The average molecular weight is 494 g/mol. The third kappa shape index (κ3) is 10.4. The topological polar surface area (TPSA) is 197 Å². The van der Waals surface area contributed by atoms with Crippen molar-refractivity contribution < 1.29 is 29.4 Å². The average Bonchev–Trinajstić information content (AvgIpc) is 2.84. The molecule has 196 valence electrons. The molecule has 5 atom stereocenters. The Bertz CT molecular complexity index is 822. The number of benzene rings is 1. The normalized spacial score (nSPS) is 15.2. The highest BCUT2D eigenvalue weighted by molar-refractivity contribution is 5.94. The first kappa shape index (κ1) is 30.0. The van der Waals surface area contributed by atoms with Crippen LogP contribution in [0.3, 0.4) is 0 Å². The van der Waals surface area contributed by atoms with E-state index in [9.17, 15) is 29.4 Å². The minimum absolute atomic E-state index is 0.202. The third-order valence-electron chi connectivity index (χ3n) is 5.81. The van der Waals surface area contributed by atoms with Crippen LogP contribution in [0.15, 0.2) is 30.3 Å². The van der Waals surface area contributed by atoms with Gasteiger partial charge in [-0.15, -0.1) is 0 Å². The van der Waals surface area contributed by atoms with Crippen LogP contribution in [0.5, 0.6) is 0 Å². The van der Waals surface area contributed by atoms with E-state index in [1.807, 2.05) is 37.3 Å². The van der Waals surface area contributed by atoms with Gasteiger partial charge in [-0.25, -0.2) is 4.79 Å². The lowest BCUT2D eigenvalue weighted by Gasteiger charge is -2.27. The molecule has 0 radical (unpaired) electrons. The highest BCUT2D eigenvalue weighted by atomic mass is 16.4. The van der Waals surface area contributed by atoms with Gasteiger partial charge in [0.15, 0.2) is 0 Å². The second-order valence-electron chi connectivity index (χ2n) is 8.60. The van der Waals surface area contributed by atoms with Gasteiger partial charge in [0.25, 0.3) is 0 Å². The van der Waals surface area contributed by atoms with E-state index >= 15 is 0 Å². The number of hydrogen-bond donors (Lipinski definition) is 7. The second kappa shape index (κ2) is 15.8. The molecule has 0 saturated carbocycles. The van der Waals surface area contributed by atoms with Crippen molar-refractivity contribution in [3.63, 3.8) is 0 Å². The summed E-state index contributed by atoms with van der Waals surface area (Å²) in [6.45, 7) is 3.26. The summed E-state index contributed by atoms with van der Waals surface area (Å²) < 4.78 is 0. The number of unbranched alkanes of at least 4 members (excludes halogenated alkanes) is 1. The lowest BCUT2D eigenvalue weighted by molar-refractivity contribution is -0.143. The van der Waals surface area contributed by atoms with Gasteiger partial charge in [0.1, 0.15) is 18.1 Å². The molecule has 0 saturated heterocycles. The van der Waals surface area contributed by atoms with Crippen molar-refractivity contribution in [3.8, 4) is 0 Å². The van der Waals surface area contributed by atoms with Gasteiger partial charge < -0.3 is 37.6 Å². The first-order valence-corrected chi connectivity index (χ1v) is 11.9. The van der Waals surface area contributed by atoms with Crippen molar-refractivity contribution in [1.82, 2.24) is 16.0 Å². The summed E-state index contributed by atoms with van der Waals surface area (Å²) in [7, 11) is 0. The Kier molecular flexibility index (Phi) is 13.5. The van der Waals surface area contributed by atoms with E-state index < -0.39 is 54.5 Å². The standard InChI is InChI=1S/C24H39N5O6/c1-3-15(2)20(23(33)27-18(24(34)35)11-7-8-12-25)29-22(32)19(14-30)28-21(31)17(26)13-16-9-5-4-6-10-16/h4-6,9-10,15,17-20,30H,3,7-8,11-14,25-26H2,1-2H3,(H,27,33)(H,28,31)(H,29,32)(H,34,35). The van der Waals surface area contributed by atoms with Crippen LogP contribution >= 0.6 is 0 Å². The predicted molar refractivity (Wildman–Crippen MR) is 131 cm³/mol. The van der Waals surface area contributed by atoms with Crippen LogP contribution in [0.2, 0.25) is 0 Å². The third-order valence-corrected chi connectivity index (χ3v) is 5.81. The quantitative estimate of drug-likeness (QED) is 0.146. The zero-order valence-electron chi connectivity index (χ0n) is 20.4. The summed E-state index contributed by atoms with van der Waals surface area (Å²) >= 11 is 0. The van der Waals surface area contributed by atoms with Gasteiger partial charge >= 0.3 is 5.97 Å². The van der Waals surface area contributed by atoms with E-state index in [1.165, 1.54) is 0 Å². The first-order valence-electron chi connectivity index (χ1n) is 11.9. The predicted octanol–water partition coefficient (Wildman–Crippen LogP) is -0.737. The minimum Gasteiger partial charge on any atom is -0.480 e. The minimum atomic E-state index is -1.33. The molecule has 9 N–H and O–H groups in total. The molecule has 11 nitrogen and oxygen atoms in total. The largest absolute Gasteiger partial charge is 0.480 e. The van der Waals surface area contributed by atoms with Crippen molar-refractivity contribution in [2.24, 2.45) is 17.4 Å².